The zero-order valence-electron chi connectivity index (χ0n) is 9.44. The lowest BCUT2D eigenvalue weighted by atomic mass is 9.87. The van der Waals surface area contributed by atoms with E-state index in [1.165, 1.54) is 5.57 Å². The fraction of sp³-hybridized carbons (Fsp3) is 0.750. The third-order valence-corrected chi connectivity index (χ3v) is 2.15. The van der Waals surface area contributed by atoms with Crippen molar-refractivity contribution in [1.29, 1.82) is 0 Å². The molecule has 0 spiro atoms. The van der Waals surface area contributed by atoms with E-state index in [1.807, 2.05) is 20.8 Å². The zero-order chi connectivity index (χ0) is 10.5. The van der Waals surface area contributed by atoms with Crippen molar-refractivity contribution in [3.63, 3.8) is 0 Å². The van der Waals surface area contributed by atoms with E-state index in [2.05, 4.69) is 13.5 Å². The van der Waals surface area contributed by atoms with E-state index in [4.69, 9.17) is 0 Å². The molecule has 0 saturated heterocycles. The number of ketones is 1. The molecule has 1 nitrogen and oxygen atoms in total. The summed E-state index contributed by atoms with van der Waals surface area (Å²) in [6, 6.07) is 0. The van der Waals surface area contributed by atoms with E-state index in [0.29, 0.717) is 12.2 Å². The summed E-state index contributed by atoms with van der Waals surface area (Å²) in [5.41, 5.74) is 1.02. The Labute approximate surface area is 82.2 Å². The lowest BCUT2D eigenvalue weighted by molar-refractivity contribution is -0.126. The van der Waals surface area contributed by atoms with Gasteiger partial charge in [-0.1, -0.05) is 46.3 Å². The van der Waals surface area contributed by atoms with Crippen LogP contribution in [-0.2, 0) is 4.79 Å². The molecule has 0 aromatic heterocycles. The molecule has 0 fully saturated rings. The largest absolute Gasteiger partial charge is 0.299 e. The van der Waals surface area contributed by atoms with Gasteiger partial charge in [0.1, 0.15) is 5.78 Å². The van der Waals surface area contributed by atoms with E-state index in [1.54, 1.807) is 0 Å². The van der Waals surface area contributed by atoms with E-state index in [-0.39, 0.29) is 5.41 Å². The predicted molar refractivity (Wildman–Crippen MR) is 57.7 cm³/mol. The van der Waals surface area contributed by atoms with Crippen molar-refractivity contribution in [3.05, 3.63) is 12.2 Å². The maximum Gasteiger partial charge on any atom is 0.138 e. The van der Waals surface area contributed by atoms with Crippen molar-refractivity contribution in [2.24, 2.45) is 5.41 Å². The SMILES string of the molecule is C=C(CCC)CCC(=O)C(C)(C)C. The van der Waals surface area contributed by atoms with Crippen molar-refractivity contribution in [1.82, 2.24) is 0 Å². The fourth-order valence-corrected chi connectivity index (χ4v) is 1.14. The minimum Gasteiger partial charge on any atom is -0.299 e. The molecule has 0 aliphatic heterocycles. The Hall–Kier alpha value is -0.590. The second-order valence-electron chi connectivity index (χ2n) is 4.67. The zero-order valence-corrected chi connectivity index (χ0v) is 9.44. The van der Waals surface area contributed by atoms with Crippen LogP contribution in [0.3, 0.4) is 0 Å². The van der Waals surface area contributed by atoms with Crippen LogP contribution >= 0.6 is 0 Å². The highest BCUT2D eigenvalue weighted by Gasteiger charge is 2.20. The van der Waals surface area contributed by atoms with Crippen LogP contribution in [0, 0.1) is 5.41 Å². The Bertz CT molecular complexity index is 184. The van der Waals surface area contributed by atoms with E-state index < -0.39 is 0 Å². The van der Waals surface area contributed by atoms with Crippen LogP contribution in [0.1, 0.15) is 53.4 Å². The van der Waals surface area contributed by atoms with Gasteiger partial charge in [0.2, 0.25) is 0 Å². The fourth-order valence-electron chi connectivity index (χ4n) is 1.14. The molecule has 0 amide bonds. The van der Waals surface area contributed by atoms with Gasteiger partial charge in [0.15, 0.2) is 0 Å². The second-order valence-corrected chi connectivity index (χ2v) is 4.67. The lowest BCUT2D eigenvalue weighted by Gasteiger charge is -2.16. The number of Topliss-reactive ketones (excluding diaryl/α,β-unsaturated/α-hetero) is 1. The number of allylic oxidation sites excluding steroid dienone is 1. The first kappa shape index (κ1) is 12.4. The average molecular weight is 182 g/mol. The molecule has 0 aliphatic rings. The second kappa shape index (κ2) is 5.21. The summed E-state index contributed by atoms with van der Waals surface area (Å²) in [7, 11) is 0. The van der Waals surface area contributed by atoms with Crippen molar-refractivity contribution in [3.8, 4) is 0 Å². The smallest absolute Gasteiger partial charge is 0.138 e. The van der Waals surface area contributed by atoms with Crippen LogP contribution in [0.25, 0.3) is 0 Å². The van der Waals surface area contributed by atoms with Gasteiger partial charge in [0.05, 0.1) is 0 Å². The Morgan fingerprint density at radius 3 is 2.08 bits per heavy atom. The van der Waals surface area contributed by atoms with Crippen LogP contribution in [0.4, 0.5) is 0 Å². The highest BCUT2D eigenvalue weighted by Crippen LogP contribution is 2.20. The standard InChI is InChI=1S/C12H22O/c1-6-7-10(2)8-9-11(13)12(3,4)5/h2,6-9H2,1,3-5H3. The monoisotopic (exact) mass is 182 g/mol. The molecule has 1 heteroatoms. The summed E-state index contributed by atoms with van der Waals surface area (Å²) in [6.45, 7) is 12.0. The summed E-state index contributed by atoms with van der Waals surface area (Å²) in [6.07, 6.45) is 3.70. The van der Waals surface area contributed by atoms with Crippen molar-refractivity contribution < 1.29 is 4.79 Å². The number of hydrogen-bond acceptors (Lipinski definition) is 1. The van der Waals surface area contributed by atoms with Gasteiger partial charge in [-0.2, -0.15) is 0 Å². The van der Waals surface area contributed by atoms with Gasteiger partial charge in [-0.3, -0.25) is 4.79 Å². The van der Waals surface area contributed by atoms with Gasteiger partial charge in [-0.05, 0) is 12.8 Å². The van der Waals surface area contributed by atoms with E-state index >= 15 is 0 Å². The van der Waals surface area contributed by atoms with Crippen LogP contribution in [0.5, 0.6) is 0 Å². The Morgan fingerprint density at radius 1 is 1.15 bits per heavy atom. The number of hydrogen-bond donors (Lipinski definition) is 0. The van der Waals surface area contributed by atoms with Gasteiger partial charge in [0.25, 0.3) is 0 Å². The molecular formula is C12H22O. The lowest BCUT2D eigenvalue weighted by Crippen LogP contribution is -2.19. The summed E-state index contributed by atoms with van der Waals surface area (Å²) >= 11 is 0. The Balaban J connectivity index is 3.77. The molecular weight excluding hydrogens is 160 g/mol. The highest BCUT2D eigenvalue weighted by molar-refractivity contribution is 5.83. The first-order valence-electron chi connectivity index (χ1n) is 5.08. The number of rotatable bonds is 5. The molecule has 0 unspecified atom stereocenters. The maximum atomic E-state index is 11.5. The average Bonchev–Trinajstić information content (AvgIpc) is 1.99. The van der Waals surface area contributed by atoms with E-state index in [9.17, 15) is 4.79 Å². The molecule has 0 N–H and O–H groups in total. The molecule has 76 valence electrons. The predicted octanol–water partition coefficient (Wildman–Crippen LogP) is 3.74. The minimum atomic E-state index is -0.188. The highest BCUT2D eigenvalue weighted by atomic mass is 16.1. The van der Waals surface area contributed by atoms with Crippen molar-refractivity contribution >= 4 is 5.78 Å². The summed E-state index contributed by atoms with van der Waals surface area (Å²) in [5, 5.41) is 0. The molecule has 0 aromatic rings. The first-order valence-corrected chi connectivity index (χ1v) is 5.08. The molecule has 0 radical (unpaired) electrons. The third kappa shape index (κ3) is 5.62. The number of carbonyl (C=O) groups is 1. The Kier molecular flexibility index (Phi) is 4.97. The third-order valence-electron chi connectivity index (χ3n) is 2.15. The summed E-state index contributed by atoms with van der Waals surface area (Å²) < 4.78 is 0. The number of carbonyl (C=O) groups excluding carboxylic acids is 1. The maximum absolute atomic E-state index is 11.5. The van der Waals surface area contributed by atoms with Crippen molar-refractivity contribution in [2.75, 3.05) is 0 Å². The molecule has 0 atom stereocenters. The molecule has 0 saturated carbocycles. The molecule has 0 aliphatic carbocycles. The Morgan fingerprint density at radius 2 is 1.69 bits per heavy atom. The van der Waals surface area contributed by atoms with Crippen LogP contribution < -0.4 is 0 Å². The quantitative estimate of drug-likeness (QED) is 0.592. The van der Waals surface area contributed by atoms with Gasteiger partial charge in [-0.15, -0.1) is 0 Å². The first-order chi connectivity index (χ1) is 5.88. The topological polar surface area (TPSA) is 17.1 Å². The minimum absolute atomic E-state index is 0.188. The van der Waals surface area contributed by atoms with Gasteiger partial charge >= 0.3 is 0 Å². The normalized spacial score (nSPS) is 11.4. The van der Waals surface area contributed by atoms with Crippen LogP contribution in [-0.4, -0.2) is 5.78 Å². The van der Waals surface area contributed by atoms with Gasteiger partial charge < -0.3 is 0 Å². The molecule has 13 heavy (non-hydrogen) atoms. The molecule has 0 aromatic carbocycles. The van der Waals surface area contributed by atoms with E-state index in [0.717, 1.165) is 19.3 Å². The molecule has 0 heterocycles. The van der Waals surface area contributed by atoms with Gasteiger partial charge in [0, 0.05) is 11.8 Å². The van der Waals surface area contributed by atoms with Crippen LogP contribution in [0.2, 0.25) is 0 Å². The molecule has 0 rings (SSSR count). The summed E-state index contributed by atoms with van der Waals surface area (Å²) in [5.74, 6) is 0.338. The summed E-state index contributed by atoms with van der Waals surface area (Å²) in [4.78, 5) is 11.5. The van der Waals surface area contributed by atoms with Crippen LogP contribution in [0.15, 0.2) is 12.2 Å². The molecule has 0 bridgehead atoms. The van der Waals surface area contributed by atoms with Gasteiger partial charge in [-0.25, -0.2) is 0 Å². The van der Waals surface area contributed by atoms with Crippen molar-refractivity contribution in [2.45, 2.75) is 53.4 Å².